The molecule has 0 bridgehead atoms. The second kappa shape index (κ2) is 10.1. The summed E-state index contributed by atoms with van der Waals surface area (Å²) >= 11 is 7.80. The molecule has 5 nitrogen and oxygen atoms in total. The molecule has 2 aromatic carbocycles. The number of anilines is 1. The van der Waals surface area contributed by atoms with Crippen molar-refractivity contribution in [3.8, 4) is 0 Å². The predicted molar refractivity (Wildman–Crippen MR) is 120 cm³/mol. The van der Waals surface area contributed by atoms with Gasteiger partial charge in [-0.25, -0.2) is 0 Å². The standard InChI is InChI=1S/C22H26ClN3O2S/c1-16(21(27)24-19-10-5-6-11-20(19)29-2)25-12-7-13-26(15-14-25)22(28)17-8-3-4-9-18(17)23/h3-6,8-11,16H,7,12-15H2,1-2H3,(H,24,27). The number of carbonyl (C=O) groups excluding carboxylic acids is 2. The molecule has 1 heterocycles. The summed E-state index contributed by atoms with van der Waals surface area (Å²) in [5.41, 5.74) is 1.37. The van der Waals surface area contributed by atoms with Gasteiger partial charge in [0, 0.05) is 31.1 Å². The molecule has 0 spiro atoms. The Hall–Kier alpha value is -2.02. The van der Waals surface area contributed by atoms with Gasteiger partial charge in [0.25, 0.3) is 5.91 Å². The maximum atomic E-state index is 12.8. The summed E-state index contributed by atoms with van der Waals surface area (Å²) in [5.74, 6) is -0.0826. The van der Waals surface area contributed by atoms with E-state index in [9.17, 15) is 9.59 Å². The zero-order valence-corrected chi connectivity index (χ0v) is 18.3. The topological polar surface area (TPSA) is 52.7 Å². The molecule has 7 heteroatoms. The molecule has 1 saturated heterocycles. The molecule has 154 valence electrons. The number of thioether (sulfide) groups is 1. The summed E-state index contributed by atoms with van der Waals surface area (Å²) in [6.07, 6.45) is 2.81. The van der Waals surface area contributed by atoms with Crippen molar-refractivity contribution in [2.24, 2.45) is 0 Å². The van der Waals surface area contributed by atoms with Crippen LogP contribution in [0.2, 0.25) is 5.02 Å². The van der Waals surface area contributed by atoms with Crippen molar-refractivity contribution in [1.29, 1.82) is 0 Å². The predicted octanol–water partition coefficient (Wildman–Crippen LogP) is 4.24. The Bertz CT molecular complexity index is 877. The Morgan fingerprint density at radius 3 is 2.52 bits per heavy atom. The van der Waals surface area contributed by atoms with Crippen molar-refractivity contribution in [2.75, 3.05) is 37.8 Å². The zero-order valence-electron chi connectivity index (χ0n) is 16.7. The number of nitrogens with zero attached hydrogens (tertiary/aromatic N) is 2. The van der Waals surface area contributed by atoms with E-state index in [1.807, 2.05) is 54.5 Å². The van der Waals surface area contributed by atoms with Crippen LogP contribution in [0.1, 0.15) is 23.7 Å². The summed E-state index contributed by atoms with van der Waals surface area (Å²) in [5, 5.41) is 3.52. The van der Waals surface area contributed by atoms with Gasteiger partial charge in [-0.15, -0.1) is 11.8 Å². The third kappa shape index (κ3) is 5.32. The normalized spacial score (nSPS) is 16.2. The summed E-state index contributed by atoms with van der Waals surface area (Å²) in [7, 11) is 0. The molecular formula is C22H26ClN3O2S. The Labute approximate surface area is 181 Å². The van der Waals surface area contributed by atoms with E-state index < -0.39 is 0 Å². The van der Waals surface area contributed by atoms with Gasteiger partial charge in [0.05, 0.1) is 22.3 Å². The molecule has 1 N–H and O–H groups in total. The average Bonchev–Trinajstić information content (AvgIpc) is 2.99. The minimum absolute atomic E-state index is 0.0302. The maximum Gasteiger partial charge on any atom is 0.255 e. The molecule has 1 aliphatic rings. The van der Waals surface area contributed by atoms with Crippen molar-refractivity contribution in [1.82, 2.24) is 9.80 Å². The number of rotatable bonds is 5. The van der Waals surface area contributed by atoms with E-state index in [0.29, 0.717) is 30.2 Å². The largest absolute Gasteiger partial charge is 0.337 e. The molecule has 1 fully saturated rings. The third-order valence-electron chi connectivity index (χ3n) is 5.21. The summed E-state index contributed by atoms with van der Waals surface area (Å²) in [6.45, 7) is 4.57. The summed E-state index contributed by atoms with van der Waals surface area (Å²) < 4.78 is 0. The smallest absolute Gasteiger partial charge is 0.255 e. The first kappa shape index (κ1) is 21.7. The quantitative estimate of drug-likeness (QED) is 0.719. The molecule has 0 aliphatic carbocycles. The van der Waals surface area contributed by atoms with Crippen molar-refractivity contribution >= 4 is 40.9 Å². The average molecular weight is 432 g/mol. The zero-order chi connectivity index (χ0) is 20.8. The molecule has 1 aliphatic heterocycles. The Kier molecular flexibility index (Phi) is 7.58. The monoisotopic (exact) mass is 431 g/mol. The lowest BCUT2D eigenvalue weighted by molar-refractivity contribution is -0.120. The molecule has 29 heavy (non-hydrogen) atoms. The number of halogens is 1. The molecule has 0 aromatic heterocycles. The second-order valence-electron chi connectivity index (χ2n) is 7.03. The number of amides is 2. The third-order valence-corrected chi connectivity index (χ3v) is 6.34. The number of nitrogens with one attached hydrogen (secondary N) is 1. The van der Waals surface area contributed by atoms with Gasteiger partial charge in [-0.2, -0.15) is 0 Å². The lowest BCUT2D eigenvalue weighted by atomic mass is 10.2. The van der Waals surface area contributed by atoms with Gasteiger partial charge < -0.3 is 10.2 Å². The van der Waals surface area contributed by atoms with E-state index in [2.05, 4.69) is 10.2 Å². The Morgan fingerprint density at radius 1 is 1.03 bits per heavy atom. The van der Waals surface area contributed by atoms with Gasteiger partial charge in [-0.3, -0.25) is 14.5 Å². The van der Waals surface area contributed by atoms with Crippen LogP contribution < -0.4 is 5.32 Å². The number of benzene rings is 2. The Balaban J connectivity index is 1.62. The van der Waals surface area contributed by atoms with Crippen LogP contribution in [0.4, 0.5) is 5.69 Å². The number of hydrogen-bond donors (Lipinski definition) is 1. The van der Waals surface area contributed by atoms with E-state index in [-0.39, 0.29) is 17.9 Å². The first-order chi connectivity index (χ1) is 14.0. The van der Waals surface area contributed by atoms with Crippen LogP contribution in [0, 0.1) is 0 Å². The van der Waals surface area contributed by atoms with Crippen LogP contribution in [-0.2, 0) is 4.79 Å². The van der Waals surface area contributed by atoms with Crippen LogP contribution in [0.25, 0.3) is 0 Å². The van der Waals surface area contributed by atoms with Crippen LogP contribution in [0.3, 0.4) is 0 Å². The molecule has 1 unspecified atom stereocenters. The SMILES string of the molecule is CSc1ccccc1NC(=O)C(C)N1CCCN(C(=O)c2ccccc2Cl)CC1. The van der Waals surface area contributed by atoms with Gasteiger partial charge in [0.15, 0.2) is 0 Å². The Morgan fingerprint density at radius 2 is 1.76 bits per heavy atom. The molecule has 0 saturated carbocycles. The molecule has 0 radical (unpaired) electrons. The van der Waals surface area contributed by atoms with E-state index in [4.69, 9.17) is 11.6 Å². The van der Waals surface area contributed by atoms with Crippen molar-refractivity contribution in [2.45, 2.75) is 24.3 Å². The molecule has 2 aromatic rings. The highest BCUT2D eigenvalue weighted by atomic mass is 35.5. The van der Waals surface area contributed by atoms with Crippen LogP contribution in [0.5, 0.6) is 0 Å². The van der Waals surface area contributed by atoms with Gasteiger partial charge in [-0.05, 0) is 43.9 Å². The highest BCUT2D eigenvalue weighted by Gasteiger charge is 2.27. The van der Waals surface area contributed by atoms with Gasteiger partial charge in [0.2, 0.25) is 5.91 Å². The number of carbonyl (C=O) groups is 2. The van der Waals surface area contributed by atoms with Crippen molar-refractivity contribution in [3.05, 3.63) is 59.1 Å². The molecule has 1 atom stereocenters. The van der Waals surface area contributed by atoms with E-state index >= 15 is 0 Å². The molecule has 3 rings (SSSR count). The molecular weight excluding hydrogens is 406 g/mol. The fraction of sp³-hybridized carbons (Fsp3) is 0.364. The highest BCUT2D eigenvalue weighted by molar-refractivity contribution is 7.98. The van der Waals surface area contributed by atoms with Crippen molar-refractivity contribution < 1.29 is 9.59 Å². The first-order valence-corrected chi connectivity index (χ1v) is 11.3. The summed E-state index contributed by atoms with van der Waals surface area (Å²) in [6, 6.07) is 14.7. The van der Waals surface area contributed by atoms with Crippen LogP contribution in [-0.4, -0.2) is 60.1 Å². The second-order valence-corrected chi connectivity index (χ2v) is 8.28. The lowest BCUT2D eigenvalue weighted by Gasteiger charge is -2.27. The van der Waals surface area contributed by atoms with Gasteiger partial charge in [-0.1, -0.05) is 35.9 Å². The fourth-order valence-corrected chi connectivity index (χ4v) is 4.25. The van der Waals surface area contributed by atoms with Crippen molar-refractivity contribution in [3.63, 3.8) is 0 Å². The summed E-state index contributed by atoms with van der Waals surface area (Å²) in [4.78, 5) is 30.7. The van der Waals surface area contributed by atoms with Crippen LogP contribution in [0.15, 0.2) is 53.4 Å². The van der Waals surface area contributed by atoms with Gasteiger partial charge in [0.1, 0.15) is 0 Å². The van der Waals surface area contributed by atoms with E-state index in [0.717, 1.165) is 23.5 Å². The molecule has 2 amide bonds. The first-order valence-electron chi connectivity index (χ1n) is 9.73. The number of para-hydroxylation sites is 1. The highest BCUT2D eigenvalue weighted by Crippen LogP contribution is 2.25. The van der Waals surface area contributed by atoms with Gasteiger partial charge >= 0.3 is 0 Å². The van der Waals surface area contributed by atoms with E-state index in [1.54, 1.807) is 23.9 Å². The lowest BCUT2D eigenvalue weighted by Crippen LogP contribution is -2.44. The van der Waals surface area contributed by atoms with E-state index in [1.165, 1.54) is 0 Å². The fourth-order valence-electron chi connectivity index (χ4n) is 3.48. The minimum atomic E-state index is -0.278. The maximum absolute atomic E-state index is 12.8. The number of hydrogen-bond acceptors (Lipinski definition) is 4. The minimum Gasteiger partial charge on any atom is -0.337 e. The van der Waals surface area contributed by atoms with Crippen LogP contribution >= 0.6 is 23.4 Å².